The van der Waals surface area contributed by atoms with Crippen molar-refractivity contribution in [2.75, 3.05) is 0 Å². The molecule has 4 rings (SSSR count). The van der Waals surface area contributed by atoms with E-state index < -0.39 is 46.5 Å². The Balaban J connectivity index is 0.000000240. The van der Waals surface area contributed by atoms with Crippen LogP contribution in [0.2, 0.25) is 0 Å². The first-order chi connectivity index (χ1) is 16.2. The number of nitrogens with zero attached hydrogens (tertiary/aromatic N) is 2. The predicted molar refractivity (Wildman–Crippen MR) is 124 cm³/mol. The number of carbonyl (C=O) groups excluding carboxylic acids is 4. The molecule has 5 amide bonds. The van der Waals surface area contributed by atoms with E-state index in [1.165, 1.54) is 0 Å². The number of hydrogen-bond donors (Lipinski definition) is 2. The summed E-state index contributed by atoms with van der Waals surface area (Å²) in [5.41, 5.74) is -1.62. The molecule has 1 unspecified atom stereocenters. The predicted octanol–water partition coefficient (Wildman–Crippen LogP) is -0.331. The average Bonchev–Trinajstić information content (AvgIpc) is 2.81. The zero-order valence-corrected chi connectivity index (χ0v) is 21.4. The number of hydrogen-bond acceptors (Lipinski definition) is 7. The molecular weight excluding hydrogens is 480 g/mol. The Labute approximate surface area is 231 Å². The van der Waals surface area contributed by atoms with Crippen molar-refractivity contribution in [1.29, 1.82) is 0 Å². The van der Waals surface area contributed by atoms with Gasteiger partial charge in [0, 0.05) is 0 Å². The molecule has 0 saturated carbocycles. The van der Waals surface area contributed by atoms with Gasteiger partial charge in [0.1, 0.15) is 5.41 Å². The van der Waals surface area contributed by atoms with Crippen LogP contribution in [0.15, 0.2) is 70.6 Å². The standard InChI is InChI=1S/2C12H12N2O3.Ca/c2*1-2-12(8-6-4-3-5-7-8)9(15)13-11(17)14-10(12)16;/h2*3-7H,2H2,1H3,(H2,13,14,15,16,17);/q;;+2/p-2. The third-order valence-corrected chi connectivity index (χ3v) is 5.95. The van der Waals surface area contributed by atoms with Gasteiger partial charge < -0.3 is 10.2 Å². The van der Waals surface area contributed by atoms with Crippen LogP contribution in [0, 0.1) is 0 Å². The molecule has 2 aromatic carbocycles. The Bertz CT molecular complexity index is 1160. The van der Waals surface area contributed by atoms with Gasteiger partial charge in [0.05, 0.1) is 6.02 Å². The zero-order chi connectivity index (χ0) is 24.9. The maximum atomic E-state index is 12.0. The summed E-state index contributed by atoms with van der Waals surface area (Å²) in [6.07, 6.45) is 0.525. The van der Waals surface area contributed by atoms with E-state index in [2.05, 4.69) is 20.6 Å². The molecule has 2 heterocycles. The molecule has 2 aliphatic heterocycles. The SMILES string of the molecule is CCC1(c2ccccc2)C(=O)N=C([O-])N=C1[O-].CCC1(c2ccccc2)C(=O)NC(=O)NC1=O.[Ca+2]. The third kappa shape index (κ3) is 5.14. The number of amidine groups is 1. The molecule has 0 spiro atoms. The molecule has 176 valence electrons. The van der Waals surface area contributed by atoms with Gasteiger partial charge >= 0.3 is 43.8 Å². The van der Waals surface area contributed by atoms with Crippen molar-refractivity contribution >= 4 is 73.4 Å². The molecular formula is C24H22CaN4O6. The van der Waals surface area contributed by atoms with Crippen molar-refractivity contribution in [3.05, 3.63) is 71.8 Å². The molecule has 35 heavy (non-hydrogen) atoms. The van der Waals surface area contributed by atoms with E-state index in [1.807, 2.05) is 0 Å². The Kier molecular flexibility index (Phi) is 9.31. The Morgan fingerprint density at radius 3 is 1.54 bits per heavy atom. The molecule has 0 radical (unpaired) electrons. The van der Waals surface area contributed by atoms with Crippen LogP contribution >= 0.6 is 0 Å². The van der Waals surface area contributed by atoms with Crippen molar-refractivity contribution in [1.82, 2.24) is 10.6 Å². The number of urea groups is 1. The number of barbiturate groups is 1. The number of aliphatic imine (C=N–C) groups is 2. The summed E-state index contributed by atoms with van der Waals surface area (Å²) < 4.78 is 0. The van der Waals surface area contributed by atoms with E-state index in [0.29, 0.717) is 17.5 Å². The third-order valence-electron chi connectivity index (χ3n) is 5.95. The van der Waals surface area contributed by atoms with Crippen molar-refractivity contribution in [2.45, 2.75) is 37.5 Å². The van der Waals surface area contributed by atoms with E-state index >= 15 is 0 Å². The van der Waals surface area contributed by atoms with E-state index in [1.54, 1.807) is 74.5 Å². The smallest absolute Gasteiger partial charge is 0.861 e. The van der Waals surface area contributed by atoms with E-state index in [0.717, 1.165) is 0 Å². The van der Waals surface area contributed by atoms with Crippen LogP contribution in [0.1, 0.15) is 37.8 Å². The quantitative estimate of drug-likeness (QED) is 0.429. The van der Waals surface area contributed by atoms with Gasteiger partial charge in [-0.05, 0) is 29.9 Å². The summed E-state index contributed by atoms with van der Waals surface area (Å²) in [6.45, 7) is 3.44. The van der Waals surface area contributed by atoms with Crippen LogP contribution in [0.25, 0.3) is 0 Å². The second-order valence-corrected chi connectivity index (χ2v) is 7.60. The molecule has 2 N–H and O–H groups in total. The van der Waals surface area contributed by atoms with Crippen molar-refractivity contribution in [3.8, 4) is 0 Å². The molecule has 0 aliphatic carbocycles. The van der Waals surface area contributed by atoms with Crippen LogP contribution in [-0.4, -0.2) is 73.4 Å². The zero-order valence-electron chi connectivity index (χ0n) is 19.2. The molecule has 2 aliphatic rings. The van der Waals surface area contributed by atoms with Gasteiger partial charge in [-0.1, -0.05) is 74.5 Å². The van der Waals surface area contributed by atoms with E-state index in [4.69, 9.17) is 0 Å². The minimum Gasteiger partial charge on any atom is -0.861 e. The van der Waals surface area contributed by atoms with Gasteiger partial charge in [-0.3, -0.25) is 30.0 Å². The monoisotopic (exact) mass is 502 g/mol. The number of imide groups is 2. The van der Waals surface area contributed by atoms with Crippen LogP contribution in [-0.2, 0) is 25.2 Å². The molecule has 1 fully saturated rings. The Hall–Kier alpha value is -3.08. The largest absolute Gasteiger partial charge is 2.00 e. The first-order valence-corrected chi connectivity index (χ1v) is 10.6. The maximum Gasteiger partial charge on any atom is 2.00 e. The fraction of sp³-hybridized carbons (Fsp3) is 0.250. The van der Waals surface area contributed by atoms with Gasteiger partial charge in [0.25, 0.3) is 5.91 Å². The number of nitrogens with one attached hydrogen (secondary N) is 2. The molecule has 1 saturated heterocycles. The van der Waals surface area contributed by atoms with Crippen LogP contribution < -0.4 is 20.8 Å². The number of benzene rings is 2. The van der Waals surface area contributed by atoms with E-state index in [-0.39, 0.29) is 44.2 Å². The summed E-state index contributed by atoms with van der Waals surface area (Å²) in [5, 5.41) is 27.1. The molecule has 1 atom stereocenters. The van der Waals surface area contributed by atoms with Gasteiger partial charge in [0.15, 0.2) is 5.41 Å². The molecule has 2 aromatic rings. The number of amides is 5. The summed E-state index contributed by atoms with van der Waals surface area (Å²) in [5.74, 6) is -2.59. The second-order valence-electron chi connectivity index (χ2n) is 7.60. The summed E-state index contributed by atoms with van der Waals surface area (Å²) in [6, 6.07) is 15.5. The van der Waals surface area contributed by atoms with Gasteiger partial charge in [-0.15, -0.1) is 0 Å². The maximum absolute atomic E-state index is 12.0. The summed E-state index contributed by atoms with van der Waals surface area (Å²) in [7, 11) is 0. The number of carbonyl (C=O) groups is 4. The molecule has 0 aromatic heterocycles. The minimum absolute atomic E-state index is 0. The Morgan fingerprint density at radius 2 is 1.14 bits per heavy atom. The van der Waals surface area contributed by atoms with E-state index in [9.17, 15) is 29.4 Å². The molecule has 10 nitrogen and oxygen atoms in total. The first-order valence-electron chi connectivity index (χ1n) is 10.6. The fourth-order valence-electron chi connectivity index (χ4n) is 4.02. The van der Waals surface area contributed by atoms with Gasteiger partial charge in [-0.2, -0.15) is 0 Å². The fourth-order valence-corrected chi connectivity index (χ4v) is 4.02. The topological polar surface area (TPSA) is 163 Å². The molecule has 11 heteroatoms. The molecule has 0 bridgehead atoms. The van der Waals surface area contributed by atoms with Crippen molar-refractivity contribution in [2.24, 2.45) is 9.98 Å². The van der Waals surface area contributed by atoms with Crippen LogP contribution in [0.4, 0.5) is 4.79 Å². The summed E-state index contributed by atoms with van der Waals surface area (Å²) in [4.78, 5) is 53.4. The van der Waals surface area contributed by atoms with Crippen molar-refractivity contribution < 1.29 is 29.4 Å². The Morgan fingerprint density at radius 1 is 0.714 bits per heavy atom. The average molecular weight is 503 g/mol. The van der Waals surface area contributed by atoms with Gasteiger partial charge in [0.2, 0.25) is 11.8 Å². The summed E-state index contributed by atoms with van der Waals surface area (Å²) >= 11 is 0. The second kappa shape index (κ2) is 11.6. The van der Waals surface area contributed by atoms with Crippen LogP contribution in [0.3, 0.4) is 0 Å². The first kappa shape index (κ1) is 28.2. The normalized spacial score (nSPS) is 20.7. The minimum atomic E-state index is -1.42. The van der Waals surface area contributed by atoms with Crippen LogP contribution in [0.5, 0.6) is 0 Å². The number of rotatable bonds is 4. The van der Waals surface area contributed by atoms with Gasteiger partial charge in [-0.25, -0.2) is 9.79 Å². The van der Waals surface area contributed by atoms with Crippen molar-refractivity contribution in [3.63, 3.8) is 0 Å².